The van der Waals surface area contributed by atoms with Crippen molar-refractivity contribution in [1.82, 2.24) is 10.2 Å². The van der Waals surface area contributed by atoms with Crippen LogP contribution < -0.4 is 5.32 Å². The molecular formula is C15H20N2O2S. The summed E-state index contributed by atoms with van der Waals surface area (Å²) in [7, 11) is 1.69. The first-order valence-electron chi connectivity index (χ1n) is 6.88. The monoisotopic (exact) mass is 292 g/mol. The SMILES string of the molecule is CNC(=O)C1CCCN1Cc1ccc(C#CCCO)s1. The molecule has 20 heavy (non-hydrogen) atoms. The van der Waals surface area contributed by atoms with E-state index in [1.165, 1.54) is 4.88 Å². The number of nitrogens with one attached hydrogen (secondary N) is 1. The molecule has 0 saturated carbocycles. The molecule has 0 bridgehead atoms. The van der Waals surface area contributed by atoms with Gasteiger partial charge in [-0.3, -0.25) is 9.69 Å². The Hall–Kier alpha value is -1.35. The zero-order valence-corrected chi connectivity index (χ0v) is 12.5. The maximum absolute atomic E-state index is 11.8. The van der Waals surface area contributed by atoms with Crippen LogP contribution in [0.25, 0.3) is 0 Å². The summed E-state index contributed by atoms with van der Waals surface area (Å²) in [5.74, 6) is 6.09. The van der Waals surface area contributed by atoms with Crippen LogP contribution >= 0.6 is 11.3 Å². The summed E-state index contributed by atoms with van der Waals surface area (Å²) in [6, 6.07) is 4.09. The number of hydrogen-bond acceptors (Lipinski definition) is 4. The average Bonchev–Trinajstić information content (AvgIpc) is 3.08. The first-order valence-corrected chi connectivity index (χ1v) is 7.70. The molecule has 2 N–H and O–H groups in total. The maximum Gasteiger partial charge on any atom is 0.237 e. The second-order valence-corrected chi connectivity index (χ2v) is 5.95. The fourth-order valence-electron chi connectivity index (χ4n) is 2.41. The molecule has 1 aromatic heterocycles. The summed E-state index contributed by atoms with van der Waals surface area (Å²) in [4.78, 5) is 16.3. The molecule has 4 nitrogen and oxygen atoms in total. The van der Waals surface area contributed by atoms with Gasteiger partial charge in [0.25, 0.3) is 0 Å². The average molecular weight is 292 g/mol. The predicted octanol–water partition coefficient (Wildman–Crippen LogP) is 1.19. The Morgan fingerprint density at radius 2 is 2.45 bits per heavy atom. The van der Waals surface area contributed by atoms with Gasteiger partial charge in [-0.25, -0.2) is 0 Å². The molecule has 1 amide bonds. The molecule has 0 radical (unpaired) electrons. The van der Waals surface area contributed by atoms with Gasteiger partial charge in [-0.05, 0) is 31.5 Å². The van der Waals surface area contributed by atoms with Crippen LogP contribution in [0.1, 0.15) is 29.0 Å². The van der Waals surface area contributed by atoms with Crippen molar-refractivity contribution < 1.29 is 9.90 Å². The van der Waals surface area contributed by atoms with Crippen molar-refractivity contribution in [3.63, 3.8) is 0 Å². The number of rotatable bonds is 4. The number of carbonyl (C=O) groups is 1. The van der Waals surface area contributed by atoms with Crippen molar-refractivity contribution in [2.24, 2.45) is 0 Å². The Bertz CT molecular complexity index is 515. The lowest BCUT2D eigenvalue weighted by Crippen LogP contribution is -2.41. The van der Waals surface area contributed by atoms with E-state index in [1.807, 2.05) is 6.07 Å². The third kappa shape index (κ3) is 3.83. The van der Waals surface area contributed by atoms with E-state index in [4.69, 9.17) is 5.11 Å². The van der Waals surface area contributed by atoms with E-state index < -0.39 is 0 Å². The third-order valence-electron chi connectivity index (χ3n) is 3.38. The molecule has 0 aliphatic carbocycles. The minimum atomic E-state index is 0.00558. The third-order valence-corrected chi connectivity index (χ3v) is 4.37. The van der Waals surface area contributed by atoms with Gasteiger partial charge >= 0.3 is 0 Å². The Kier molecular flexibility index (Phi) is 5.60. The lowest BCUT2D eigenvalue weighted by Gasteiger charge is -2.22. The van der Waals surface area contributed by atoms with E-state index in [-0.39, 0.29) is 18.6 Å². The molecule has 0 aromatic carbocycles. The standard InChI is InChI=1S/C15H20N2O2S/c1-16-15(19)14-6-4-9-17(14)11-13-8-7-12(20-13)5-2-3-10-18/h7-8,14,18H,3-4,6,9-11H2,1H3,(H,16,19). The smallest absolute Gasteiger partial charge is 0.237 e. The summed E-state index contributed by atoms with van der Waals surface area (Å²) >= 11 is 1.66. The number of hydrogen-bond donors (Lipinski definition) is 2. The van der Waals surface area contributed by atoms with Gasteiger partial charge in [-0.15, -0.1) is 11.3 Å². The van der Waals surface area contributed by atoms with Crippen molar-refractivity contribution in [3.05, 3.63) is 21.9 Å². The molecule has 2 rings (SSSR count). The first kappa shape index (κ1) is 15.0. The van der Waals surface area contributed by atoms with Crippen LogP contribution in [0.15, 0.2) is 12.1 Å². The van der Waals surface area contributed by atoms with Crippen LogP contribution in [0.2, 0.25) is 0 Å². The molecule has 1 unspecified atom stereocenters. The van der Waals surface area contributed by atoms with E-state index in [1.54, 1.807) is 18.4 Å². The predicted molar refractivity (Wildman–Crippen MR) is 80.4 cm³/mol. The van der Waals surface area contributed by atoms with Crippen LogP contribution in [0.5, 0.6) is 0 Å². The highest BCUT2D eigenvalue weighted by molar-refractivity contribution is 7.12. The molecule has 1 aliphatic rings. The molecule has 1 aromatic rings. The van der Waals surface area contributed by atoms with Gasteiger partial charge in [0.2, 0.25) is 5.91 Å². The molecule has 2 heterocycles. The topological polar surface area (TPSA) is 52.6 Å². The van der Waals surface area contributed by atoms with Crippen molar-refractivity contribution in [2.75, 3.05) is 20.2 Å². The van der Waals surface area contributed by atoms with Gasteiger partial charge in [0, 0.05) is 24.9 Å². The zero-order valence-electron chi connectivity index (χ0n) is 11.7. The van der Waals surface area contributed by atoms with Crippen LogP contribution in [0.3, 0.4) is 0 Å². The molecule has 108 valence electrons. The highest BCUT2D eigenvalue weighted by Gasteiger charge is 2.29. The number of likely N-dealkylation sites (tertiary alicyclic amines) is 1. The molecule has 1 aliphatic heterocycles. The maximum atomic E-state index is 11.8. The van der Waals surface area contributed by atoms with E-state index in [0.717, 1.165) is 30.8 Å². The van der Waals surface area contributed by atoms with Gasteiger partial charge in [0.1, 0.15) is 0 Å². The largest absolute Gasteiger partial charge is 0.395 e. The van der Waals surface area contributed by atoms with Crippen LogP contribution in [0.4, 0.5) is 0 Å². The van der Waals surface area contributed by atoms with E-state index in [0.29, 0.717) is 6.42 Å². The second kappa shape index (κ2) is 7.44. The molecule has 5 heteroatoms. The fourth-order valence-corrected chi connectivity index (χ4v) is 3.32. The lowest BCUT2D eigenvalue weighted by molar-refractivity contribution is -0.125. The van der Waals surface area contributed by atoms with Gasteiger partial charge in [-0.2, -0.15) is 0 Å². The van der Waals surface area contributed by atoms with Gasteiger partial charge in [0.15, 0.2) is 0 Å². The van der Waals surface area contributed by atoms with Gasteiger partial charge in [-0.1, -0.05) is 11.8 Å². The number of aliphatic hydroxyl groups is 1. The molecule has 0 spiro atoms. The number of thiophene rings is 1. The lowest BCUT2D eigenvalue weighted by atomic mass is 10.2. The molecule has 1 atom stereocenters. The number of amides is 1. The summed E-state index contributed by atoms with van der Waals surface area (Å²) < 4.78 is 0. The van der Waals surface area contributed by atoms with Crippen molar-refractivity contribution >= 4 is 17.2 Å². The van der Waals surface area contributed by atoms with E-state index in [9.17, 15) is 4.79 Å². The normalized spacial score (nSPS) is 18.6. The van der Waals surface area contributed by atoms with E-state index in [2.05, 4.69) is 28.1 Å². The van der Waals surface area contributed by atoms with Gasteiger partial charge in [0.05, 0.1) is 17.5 Å². The van der Waals surface area contributed by atoms with E-state index >= 15 is 0 Å². The number of nitrogens with zero attached hydrogens (tertiary/aromatic N) is 1. The first-order chi connectivity index (χ1) is 9.74. The Balaban J connectivity index is 1.96. The molecule has 1 fully saturated rings. The zero-order chi connectivity index (χ0) is 14.4. The van der Waals surface area contributed by atoms with Gasteiger partial charge < -0.3 is 10.4 Å². The Morgan fingerprint density at radius 3 is 3.20 bits per heavy atom. The van der Waals surface area contributed by atoms with Crippen LogP contribution in [-0.2, 0) is 11.3 Å². The summed E-state index contributed by atoms with van der Waals surface area (Å²) in [6.07, 6.45) is 2.53. The second-order valence-electron chi connectivity index (χ2n) is 4.78. The van der Waals surface area contributed by atoms with Crippen LogP contribution in [0, 0.1) is 11.8 Å². The summed E-state index contributed by atoms with van der Waals surface area (Å²) in [6.45, 7) is 1.89. The van der Waals surface area contributed by atoms with Crippen molar-refractivity contribution in [2.45, 2.75) is 31.8 Å². The number of aliphatic hydroxyl groups excluding tert-OH is 1. The quantitative estimate of drug-likeness (QED) is 0.820. The number of likely N-dealkylation sites (N-methyl/N-ethyl adjacent to an activating group) is 1. The highest BCUT2D eigenvalue weighted by Crippen LogP contribution is 2.23. The summed E-state index contributed by atoms with van der Waals surface area (Å²) in [5, 5.41) is 11.4. The minimum Gasteiger partial charge on any atom is -0.395 e. The summed E-state index contributed by atoms with van der Waals surface area (Å²) in [5.41, 5.74) is 0. The Morgan fingerprint density at radius 1 is 1.60 bits per heavy atom. The Labute approximate surface area is 123 Å². The molecule has 1 saturated heterocycles. The van der Waals surface area contributed by atoms with Crippen LogP contribution in [-0.4, -0.2) is 42.2 Å². The van der Waals surface area contributed by atoms with Crippen molar-refractivity contribution in [3.8, 4) is 11.8 Å². The number of carbonyl (C=O) groups excluding carboxylic acids is 1. The highest BCUT2D eigenvalue weighted by atomic mass is 32.1. The van der Waals surface area contributed by atoms with Crippen molar-refractivity contribution in [1.29, 1.82) is 0 Å². The fraction of sp³-hybridized carbons (Fsp3) is 0.533. The molecular weight excluding hydrogens is 272 g/mol. The minimum absolute atomic E-state index is 0.00558.